The smallest absolute Gasteiger partial charge is 0.463 e. The first kappa shape index (κ1) is 40.1. The van der Waals surface area contributed by atoms with Gasteiger partial charge in [0.2, 0.25) is 0 Å². The summed E-state index contributed by atoms with van der Waals surface area (Å²) in [7, 11) is 1.08. The molecule has 0 saturated carbocycles. The Morgan fingerprint density at radius 2 is 1.21 bits per heavy atom. The number of methoxy groups -OCH3 is 2. The maximum absolute atomic E-state index is 13.2. The van der Waals surface area contributed by atoms with Gasteiger partial charge in [0.15, 0.2) is 0 Å². The summed E-state index contributed by atoms with van der Waals surface area (Å²) in [4.78, 5) is 27.9. The maximum Gasteiger partial charge on any atom is 0.463 e. The predicted molar refractivity (Wildman–Crippen MR) is 219 cm³/mol. The number of rotatable bonds is 15. The Balaban J connectivity index is 1.29. The van der Waals surface area contributed by atoms with Crippen LogP contribution in [0.5, 0.6) is 23.0 Å². The largest absolute Gasteiger partial charge is 0.497 e. The molecule has 5 aromatic carbocycles. The number of aromatic amines is 1. The summed E-state index contributed by atoms with van der Waals surface area (Å²) in [6, 6.07) is 38.9. The van der Waals surface area contributed by atoms with E-state index in [4.69, 9.17) is 55.7 Å². The fraction of sp³-hybridized carbons (Fsp3) is 0.209. The molecule has 14 heteroatoms. The van der Waals surface area contributed by atoms with Gasteiger partial charge in [-0.25, -0.2) is 4.79 Å². The molecule has 0 radical (unpaired) electrons. The molecule has 3 atom stereocenters. The van der Waals surface area contributed by atoms with E-state index in [1.54, 1.807) is 69.7 Å². The molecule has 1 aromatic heterocycles. The van der Waals surface area contributed by atoms with E-state index in [0.29, 0.717) is 38.6 Å². The third kappa shape index (κ3) is 9.21. The van der Waals surface area contributed by atoms with Crippen molar-refractivity contribution >= 4 is 31.8 Å². The van der Waals surface area contributed by atoms with Gasteiger partial charge in [-0.3, -0.25) is 18.9 Å². The molecule has 7 rings (SSSR count). The zero-order valence-electron chi connectivity index (χ0n) is 31.2. The Bertz CT molecular complexity index is 2270. The van der Waals surface area contributed by atoms with Gasteiger partial charge in [-0.15, -0.1) is 0 Å². The fourth-order valence-electron chi connectivity index (χ4n) is 6.55. The number of halogens is 2. The monoisotopic (exact) mass is 828 g/mol. The molecule has 1 N–H and O–H groups in total. The Morgan fingerprint density at radius 3 is 1.72 bits per heavy atom. The van der Waals surface area contributed by atoms with E-state index in [-0.39, 0.29) is 13.0 Å². The van der Waals surface area contributed by atoms with Gasteiger partial charge in [0.05, 0.1) is 20.8 Å². The van der Waals surface area contributed by atoms with Crippen LogP contribution in [0.1, 0.15) is 34.9 Å². The average molecular weight is 830 g/mol. The third-order valence-electron chi connectivity index (χ3n) is 9.48. The standard InChI is InChI=1S/C43H39Cl2N2O9P/c1-28-26-47(42(49)46-41(28)48)40-25-38(56-57(54-36-21-13-32(44)14-22-36)55-37-23-15-33(45)16-24-37)39(53-40)27-52-43(29-7-5-4-6-8-29,30-9-17-34(50-2)18-10-30)31-11-19-35(51-3)20-12-31/h4-24,26,38-40H,25,27H2,1-3H3,(H,46,48,49)/t38-,39+,40+/m0/s1. The van der Waals surface area contributed by atoms with Gasteiger partial charge in [-0.2, -0.15) is 0 Å². The van der Waals surface area contributed by atoms with Crippen LogP contribution >= 0.6 is 31.8 Å². The molecule has 57 heavy (non-hydrogen) atoms. The predicted octanol–water partition coefficient (Wildman–Crippen LogP) is 9.24. The second-order valence-corrected chi connectivity index (χ2v) is 15.0. The molecule has 0 unspecified atom stereocenters. The lowest BCUT2D eigenvalue weighted by atomic mass is 9.80. The molecule has 1 aliphatic heterocycles. The van der Waals surface area contributed by atoms with Crippen molar-refractivity contribution in [1.29, 1.82) is 0 Å². The number of aryl methyl sites for hydroxylation is 1. The van der Waals surface area contributed by atoms with Crippen LogP contribution < -0.4 is 29.8 Å². The van der Waals surface area contributed by atoms with Crippen molar-refractivity contribution in [3.63, 3.8) is 0 Å². The highest BCUT2D eigenvalue weighted by Gasteiger charge is 2.45. The van der Waals surface area contributed by atoms with Crippen LogP contribution in [0.3, 0.4) is 0 Å². The zero-order valence-corrected chi connectivity index (χ0v) is 33.6. The van der Waals surface area contributed by atoms with Gasteiger partial charge >= 0.3 is 14.3 Å². The van der Waals surface area contributed by atoms with E-state index in [1.165, 1.54) is 10.8 Å². The van der Waals surface area contributed by atoms with Crippen LogP contribution in [0, 0.1) is 6.92 Å². The fourth-order valence-corrected chi connectivity index (χ4v) is 7.95. The summed E-state index contributed by atoms with van der Waals surface area (Å²) in [5, 5.41) is 1.07. The number of H-pyrrole nitrogens is 1. The number of ether oxygens (including phenoxy) is 4. The van der Waals surface area contributed by atoms with Crippen molar-refractivity contribution in [1.82, 2.24) is 9.55 Å². The van der Waals surface area contributed by atoms with Crippen LogP contribution in [0.25, 0.3) is 0 Å². The van der Waals surface area contributed by atoms with Crippen LogP contribution in [0.15, 0.2) is 143 Å². The Morgan fingerprint density at radius 1 is 0.719 bits per heavy atom. The van der Waals surface area contributed by atoms with E-state index in [2.05, 4.69) is 4.98 Å². The van der Waals surface area contributed by atoms with Crippen molar-refractivity contribution in [2.24, 2.45) is 0 Å². The van der Waals surface area contributed by atoms with E-state index >= 15 is 0 Å². The topological polar surface area (TPSA) is 119 Å². The quantitative estimate of drug-likeness (QED) is 0.0798. The highest BCUT2D eigenvalue weighted by atomic mass is 35.5. The minimum Gasteiger partial charge on any atom is -0.497 e. The second kappa shape index (κ2) is 18.0. The highest BCUT2D eigenvalue weighted by molar-refractivity contribution is 7.42. The number of benzene rings is 5. The van der Waals surface area contributed by atoms with Crippen molar-refractivity contribution in [2.75, 3.05) is 20.8 Å². The van der Waals surface area contributed by atoms with Gasteiger partial charge in [0, 0.05) is 28.2 Å². The van der Waals surface area contributed by atoms with Crippen molar-refractivity contribution < 1.29 is 32.5 Å². The highest BCUT2D eigenvalue weighted by Crippen LogP contribution is 2.48. The number of nitrogens with one attached hydrogen (secondary N) is 1. The Hall–Kier alpha value is -5.13. The molecule has 11 nitrogen and oxygen atoms in total. The van der Waals surface area contributed by atoms with Crippen molar-refractivity contribution in [3.8, 4) is 23.0 Å². The van der Waals surface area contributed by atoms with Gasteiger partial charge < -0.3 is 28.0 Å². The normalized spacial score (nSPS) is 16.7. The number of hydrogen-bond acceptors (Lipinski definition) is 9. The molecule has 0 spiro atoms. The van der Waals surface area contributed by atoms with Crippen LogP contribution in [-0.2, 0) is 19.6 Å². The lowest BCUT2D eigenvalue weighted by Crippen LogP contribution is -2.38. The summed E-state index contributed by atoms with van der Waals surface area (Å²) in [6.07, 6.45) is -0.730. The second-order valence-electron chi connectivity index (χ2n) is 13.1. The molecule has 0 bridgehead atoms. The number of aromatic nitrogens is 2. The molecular formula is C43H39Cl2N2O9P. The Kier molecular flexibility index (Phi) is 12.6. The van der Waals surface area contributed by atoms with Crippen LogP contribution in [0.2, 0.25) is 10.0 Å². The molecule has 0 aliphatic carbocycles. The van der Waals surface area contributed by atoms with Crippen molar-refractivity contribution in [3.05, 3.63) is 187 Å². The van der Waals surface area contributed by atoms with E-state index in [9.17, 15) is 9.59 Å². The molecule has 0 amide bonds. The maximum atomic E-state index is 13.2. The summed E-state index contributed by atoms with van der Waals surface area (Å²) in [5.74, 6) is 2.28. The molecule has 2 heterocycles. The first-order valence-electron chi connectivity index (χ1n) is 17.9. The Labute approximate surface area is 340 Å². The summed E-state index contributed by atoms with van der Waals surface area (Å²) in [5.41, 5.74) is 0.544. The van der Waals surface area contributed by atoms with E-state index in [0.717, 1.165) is 16.7 Å². The van der Waals surface area contributed by atoms with Gasteiger partial charge in [-0.05, 0) is 96.4 Å². The summed E-state index contributed by atoms with van der Waals surface area (Å²) >= 11 is 12.3. The number of nitrogens with zero attached hydrogens (tertiary/aromatic N) is 1. The molecule has 1 saturated heterocycles. The molecule has 294 valence electrons. The van der Waals surface area contributed by atoms with Crippen LogP contribution in [0.4, 0.5) is 0 Å². The minimum atomic E-state index is -2.15. The van der Waals surface area contributed by atoms with Gasteiger partial charge in [0.1, 0.15) is 47.0 Å². The molecule has 1 aliphatic rings. The van der Waals surface area contributed by atoms with Gasteiger partial charge in [-0.1, -0.05) is 77.8 Å². The molecule has 1 fully saturated rings. The van der Waals surface area contributed by atoms with E-state index in [1.807, 2.05) is 78.9 Å². The first-order chi connectivity index (χ1) is 27.6. The molecular weight excluding hydrogens is 790 g/mol. The third-order valence-corrected chi connectivity index (χ3v) is 11.1. The summed E-state index contributed by atoms with van der Waals surface area (Å²) in [6.45, 7) is 1.59. The lowest BCUT2D eigenvalue weighted by molar-refractivity contribution is -0.0921. The van der Waals surface area contributed by atoms with Gasteiger partial charge in [0.25, 0.3) is 5.56 Å². The number of hydrogen-bond donors (Lipinski definition) is 1. The van der Waals surface area contributed by atoms with E-state index < -0.39 is 43.9 Å². The first-order valence-corrected chi connectivity index (χ1v) is 19.8. The van der Waals surface area contributed by atoms with Crippen molar-refractivity contribution in [2.45, 2.75) is 37.4 Å². The summed E-state index contributed by atoms with van der Waals surface area (Å²) < 4.78 is 45.6. The van der Waals surface area contributed by atoms with Crippen LogP contribution in [-0.4, -0.2) is 42.6 Å². The lowest BCUT2D eigenvalue weighted by Gasteiger charge is -2.37. The minimum absolute atomic E-state index is 0.0315. The zero-order chi connectivity index (χ0) is 39.9. The SMILES string of the molecule is COc1ccc(C(OC[C@H]2O[C@@H](n3cc(C)c(=O)[nH]c3=O)C[C@@H]2OP(Oc2ccc(Cl)cc2)Oc2ccc(Cl)cc2)(c2ccccc2)c2ccc(OC)cc2)cc1. The average Bonchev–Trinajstić information content (AvgIpc) is 3.63. The molecule has 6 aromatic rings.